The number of aliphatic hydroxyl groups excluding tert-OH is 1. The molecule has 4 rings (SSSR count). The summed E-state index contributed by atoms with van der Waals surface area (Å²) >= 11 is 1.62. The number of amides is 1. The minimum absolute atomic E-state index is 0.194. The molecule has 0 saturated carbocycles. The first kappa shape index (κ1) is 22.5. The van der Waals surface area contributed by atoms with Crippen LogP contribution >= 0.6 is 11.3 Å². The first-order valence-electron chi connectivity index (χ1n) is 11.2. The zero-order valence-electron chi connectivity index (χ0n) is 18.2. The first-order valence-corrected chi connectivity index (χ1v) is 12.0. The van der Waals surface area contributed by atoms with Gasteiger partial charge in [-0.05, 0) is 55.6 Å². The maximum Gasteiger partial charge on any atom is 0.407 e. The van der Waals surface area contributed by atoms with E-state index in [4.69, 9.17) is 4.74 Å². The van der Waals surface area contributed by atoms with Gasteiger partial charge < -0.3 is 15.2 Å². The molecule has 0 radical (unpaired) electrons. The second-order valence-corrected chi connectivity index (χ2v) is 9.43. The Balaban J connectivity index is 1.42. The highest BCUT2D eigenvalue weighted by Crippen LogP contribution is 2.29. The van der Waals surface area contributed by atoms with Crippen molar-refractivity contribution in [1.29, 1.82) is 0 Å². The Morgan fingerprint density at radius 2 is 1.62 bits per heavy atom. The molecular formula is C26H30N2O3S. The number of carbonyl (C=O) groups is 1. The highest BCUT2D eigenvalue weighted by molar-refractivity contribution is 7.12. The molecule has 2 atom stereocenters. The van der Waals surface area contributed by atoms with Crippen LogP contribution in [0.15, 0.2) is 72.8 Å². The number of thiophene rings is 1. The SMILES string of the molecule is O=C(NC(Cc1ccccc1)C(O)c1ccc(CN2CCCC2)s1)OCc1ccccc1. The summed E-state index contributed by atoms with van der Waals surface area (Å²) in [7, 11) is 0. The number of rotatable bonds is 9. The Labute approximate surface area is 193 Å². The number of hydrogen-bond acceptors (Lipinski definition) is 5. The van der Waals surface area contributed by atoms with E-state index in [0.29, 0.717) is 6.42 Å². The fourth-order valence-electron chi connectivity index (χ4n) is 4.02. The zero-order chi connectivity index (χ0) is 22.2. The average Bonchev–Trinajstić information content (AvgIpc) is 3.51. The van der Waals surface area contributed by atoms with Gasteiger partial charge in [-0.25, -0.2) is 4.79 Å². The van der Waals surface area contributed by atoms with Gasteiger partial charge in [0.05, 0.1) is 6.04 Å². The summed E-state index contributed by atoms with van der Waals surface area (Å²) in [5.41, 5.74) is 1.97. The molecule has 3 aromatic rings. The summed E-state index contributed by atoms with van der Waals surface area (Å²) < 4.78 is 5.41. The summed E-state index contributed by atoms with van der Waals surface area (Å²) in [6, 6.07) is 23.1. The largest absolute Gasteiger partial charge is 0.445 e. The molecule has 2 heterocycles. The van der Waals surface area contributed by atoms with E-state index < -0.39 is 18.2 Å². The number of aliphatic hydroxyl groups is 1. The number of nitrogens with one attached hydrogen (secondary N) is 1. The van der Waals surface area contributed by atoms with E-state index in [1.165, 1.54) is 17.7 Å². The third-order valence-electron chi connectivity index (χ3n) is 5.75. The molecule has 6 heteroatoms. The molecule has 2 aromatic carbocycles. The normalized spacial score (nSPS) is 15.9. The van der Waals surface area contributed by atoms with Crippen LogP contribution in [0.1, 0.15) is 39.8 Å². The molecule has 5 nitrogen and oxygen atoms in total. The summed E-state index contributed by atoms with van der Waals surface area (Å²) in [5.74, 6) is 0. The fourth-order valence-corrected chi connectivity index (χ4v) is 5.13. The van der Waals surface area contributed by atoms with Crippen LogP contribution in [-0.2, 0) is 24.3 Å². The summed E-state index contributed by atoms with van der Waals surface area (Å²) in [6.45, 7) is 3.40. The standard InChI is InChI=1S/C26H30N2O3S/c29-25(24-14-13-22(32-24)18-28-15-7-8-16-28)23(17-20-9-3-1-4-10-20)27-26(30)31-19-21-11-5-2-6-12-21/h1-6,9-14,23,25,29H,7-8,15-19H2,(H,27,30). The quantitative estimate of drug-likeness (QED) is 0.486. The number of alkyl carbamates (subject to hydrolysis) is 1. The second kappa shape index (κ2) is 11.3. The highest BCUT2D eigenvalue weighted by atomic mass is 32.1. The lowest BCUT2D eigenvalue weighted by atomic mass is 10.0. The number of likely N-dealkylation sites (tertiary alicyclic amines) is 1. The van der Waals surface area contributed by atoms with Gasteiger partial charge in [-0.2, -0.15) is 0 Å². The van der Waals surface area contributed by atoms with Crippen molar-refractivity contribution >= 4 is 17.4 Å². The van der Waals surface area contributed by atoms with E-state index in [-0.39, 0.29) is 6.61 Å². The Kier molecular flexibility index (Phi) is 7.93. The summed E-state index contributed by atoms with van der Waals surface area (Å²) in [4.78, 5) is 17.1. The minimum atomic E-state index is -0.809. The van der Waals surface area contributed by atoms with E-state index in [2.05, 4.69) is 16.3 Å². The number of benzene rings is 2. The predicted molar refractivity (Wildman–Crippen MR) is 127 cm³/mol. The van der Waals surface area contributed by atoms with E-state index in [1.807, 2.05) is 66.7 Å². The Morgan fingerprint density at radius 1 is 0.969 bits per heavy atom. The van der Waals surface area contributed by atoms with Crippen molar-refractivity contribution < 1.29 is 14.6 Å². The Bertz CT molecular complexity index is 971. The van der Waals surface area contributed by atoms with Gasteiger partial charge in [0.2, 0.25) is 0 Å². The minimum Gasteiger partial charge on any atom is -0.445 e. The van der Waals surface area contributed by atoms with Crippen LogP contribution in [0, 0.1) is 0 Å². The molecule has 0 aliphatic carbocycles. The number of nitrogens with zero attached hydrogens (tertiary/aromatic N) is 1. The van der Waals surface area contributed by atoms with Gasteiger partial charge in [-0.3, -0.25) is 4.90 Å². The molecule has 1 fully saturated rings. The fraction of sp³-hybridized carbons (Fsp3) is 0.346. The lowest BCUT2D eigenvalue weighted by Gasteiger charge is -2.23. The maximum absolute atomic E-state index is 12.5. The second-order valence-electron chi connectivity index (χ2n) is 8.23. The first-order chi connectivity index (χ1) is 15.7. The van der Waals surface area contributed by atoms with Crippen molar-refractivity contribution in [1.82, 2.24) is 10.2 Å². The van der Waals surface area contributed by atoms with Gasteiger partial charge in [0, 0.05) is 16.3 Å². The van der Waals surface area contributed by atoms with Gasteiger partial charge >= 0.3 is 6.09 Å². The van der Waals surface area contributed by atoms with E-state index in [1.54, 1.807) is 11.3 Å². The Hall–Kier alpha value is -2.67. The molecule has 1 aromatic heterocycles. The predicted octanol–water partition coefficient (Wildman–Crippen LogP) is 4.92. The number of hydrogen-bond donors (Lipinski definition) is 2. The van der Waals surface area contributed by atoms with Crippen LogP contribution in [-0.4, -0.2) is 35.2 Å². The lowest BCUT2D eigenvalue weighted by Crippen LogP contribution is -2.41. The van der Waals surface area contributed by atoms with Gasteiger partial charge in [-0.15, -0.1) is 11.3 Å². The van der Waals surface area contributed by atoms with Crippen LogP contribution in [0.4, 0.5) is 4.79 Å². The molecule has 1 amide bonds. The third kappa shape index (κ3) is 6.42. The van der Waals surface area contributed by atoms with Crippen LogP contribution in [0.3, 0.4) is 0 Å². The summed E-state index contributed by atoms with van der Waals surface area (Å²) in [5, 5.41) is 14.1. The molecule has 168 valence electrons. The third-order valence-corrected chi connectivity index (χ3v) is 6.89. The smallest absolute Gasteiger partial charge is 0.407 e. The highest BCUT2D eigenvalue weighted by Gasteiger charge is 2.26. The molecule has 1 aliphatic rings. The topological polar surface area (TPSA) is 61.8 Å². The number of carbonyl (C=O) groups excluding carboxylic acids is 1. The van der Waals surface area contributed by atoms with Crippen LogP contribution < -0.4 is 5.32 Å². The van der Waals surface area contributed by atoms with E-state index in [9.17, 15) is 9.90 Å². The summed E-state index contributed by atoms with van der Waals surface area (Å²) in [6.07, 6.45) is 1.70. The van der Waals surface area contributed by atoms with Gasteiger partial charge in [-0.1, -0.05) is 60.7 Å². The monoisotopic (exact) mass is 450 g/mol. The van der Waals surface area contributed by atoms with Gasteiger partial charge in [0.15, 0.2) is 0 Å². The molecule has 32 heavy (non-hydrogen) atoms. The molecule has 1 saturated heterocycles. The van der Waals surface area contributed by atoms with Crippen molar-refractivity contribution in [2.24, 2.45) is 0 Å². The molecule has 2 unspecified atom stereocenters. The van der Waals surface area contributed by atoms with Crippen molar-refractivity contribution in [2.45, 2.75) is 44.6 Å². The van der Waals surface area contributed by atoms with Crippen molar-refractivity contribution in [3.8, 4) is 0 Å². The van der Waals surface area contributed by atoms with Gasteiger partial charge in [0.25, 0.3) is 0 Å². The van der Waals surface area contributed by atoms with Gasteiger partial charge in [0.1, 0.15) is 12.7 Å². The van der Waals surface area contributed by atoms with E-state index >= 15 is 0 Å². The van der Waals surface area contributed by atoms with Crippen molar-refractivity contribution in [3.63, 3.8) is 0 Å². The van der Waals surface area contributed by atoms with E-state index in [0.717, 1.165) is 35.6 Å². The molecule has 0 bridgehead atoms. The zero-order valence-corrected chi connectivity index (χ0v) is 19.0. The molecule has 1 aliphatic heterocycles. The number of ether oxygens (including phenoxy) is 1. The average molecular weight is 451 g/mol. The molecule has 0 spiro atoms. The Morgan fingerprint density at radius 3 is 2.31 bits per heavy atom. The maximum atomic E-state index is 12.5. The molecular weight excluding hydrogens is 420 g/mol. The van der Waals surface area contributed by atoms with Crippen LogP contribution in [0.5, 0.6) is 0 Å². The molecule has 2 N–H and O–H groups in total. The lowest BCUT2D eigenvalue weighted by molar-refractivity contribution is 0.103. The van der Waals surface area contributed by atoms with Crippen molar-refractivity contribution in [3.05, 3.63) is 93.7 Å². The van der Waals surface area contributed by atoms with Crippen LogP contribution in [0.2, 0.25) is 0 Å². The van der Waals surface area contributed by atoms with Crippen molar-refractivity contribution in [2.75, 3.05) is 13.1 Å². The van der Waals surface area contributed by atoms with Crippen LogP contribution in [0.25, 0.3) is 0 Å².